The van der Waals surface area contributed by atoms with Crippen molar-refractivity contribution in [3.63, 3.8) is 0 Å². The van der Waals surface area contributed by atoms with Crippen molar-refractivity contribution in [2.45, 2.75) is 31.4 Å². The van der Waals surface area contributed by atoms with Gasteiger partial charge in [0.2, 0.25) is 0 Å². The molecule has 1 saturated heterocycles. The van der Waals surface area contributed by atoms with Gasteiger partial charge in [0.05, 0.1) is 6.61 Å². The first-order valence-electron chi connectivity index (χ1n) is 5.76. The van der Waals surface area contributed by atoms with Gasteiger partial charge >= 0.3 is 0 Å². The van der Waals surface area contributed by atoms with Crippen molar-refractivity contribution in [3.05, 3.63) is 35.4 Å². The van der Waals surface area contributed by atoms with E-state index in [1.54, 1.807) is 0 Å². The third kappa shape index (κ3) is 1.40. The van der Waals surface area contributed by atoms with Gasteiger partial charge in [-0.2, -0.15) is 0 Å². The molecule has 80 valence electrons. The fourth-order valence-corrected chi connectivity index (χ4v) is 2.72. The van der Waals surface area contributed by atoms with E-state index in [0.29, 0.717) is 6.04 Å². The summed E-state index contributed by atoms with van der Waals surface area (Å²) in [7, 11) is 0. The SMILES string of the molecule is CC1COC2(CCc3ccccc32)CN1. The predicted molar refractivity (Wildman–Crippen MR) is 59.9 cm³/mol. The molecule has 1 N–H and O–H groups in total. The highest BCUT2D eigenvalue weighted by Gasteiger charge is 2.41. The minimum absolute atomic E-state index is 0.0247. The number of rotatable bonds is 0. The zero-order valence-corrected chi connectivity index (χ0v) is 9.12. The molecule has 2 nitrogen and oxygen atoms in total. The molecular formula is C13H17NO. The van der Waals surface area contributed by atoms with Crippen molar-refractivity contribution in [2.24, 2.45) is 0 Å². The summed E-state index contributed by atoms with van der Waals surface area (Å²) >= 11 is 0. The van der Waals surface area contributed by atoms with Crippen LogP contribution in [0.2, 0.25) is 0 Å². The summed E-state index contributed by atoms with van der Waals surface area (Å²) in [6.45, 7) is 3.97. The van der Waals surface area contributed by atoms with Gasteiger partial charge in [0.1, 0.15) is 5.60 Å². The molecule has 15 heavy (non-hydrogen) atoms. The largest absolute Gasteiger partial charge is 0.367 e. The lowest BCUT2D eigenvalue weighted by molar-refractivity contribution is -0.0843. The van der Waals surface area contributed by atoms with Crippen LogP contribution in [-0.4, -0.2) is 19.2 Å². The maximum absolute atomic E-state index is 6.10. The van der Waals surface area contributed by atoms with Gasteiger partial charge in [0.25, 0.3) is 0 Å². The van der Waals surface area contributed by atoms with Crippen LogP contribution < -0.4 is 5.32 Å². The monoisotopic (exact) mass is 203 g/mol. The van der Waals surface area contributed by atoms with E-state index in [9.17, 15) is 0 Å². The summed E-state index contributed by atoms with van der Waals surface area (Å²) in [5, 5.41) is 3.53. The fourth-order valence-electron chi connectivity index (χ4n) is 2.72. The number of hydrogen-bond donors (Lipinski definition) is 1. The van der Waals surface area contributed by atoms with E-state index >= 15 is 0 Å². The van der Waals surface area contributed by atoms with Crippen LogP contribution in [-0.2, 0) is 16.8 Å². The minimum Gasteiger partial charge on any atom is -0.367 e. The second-order valence-electron chi connectivity index (χ2n) is 4.74. The van der Waals surface area contributed by atoms with Crippen LogP contribution in [0, 0.1) is 0 Å². The summed E-state index contributed by atoms with van der Waals surface area (Å²) in [5.74, 6) is 0. The highest BCUT2D eigenvalue weighted by molar-refractivity contribution is 5.38. The van der Waals surface area contributed by atoms with Gasteiger partial charge in [-0.05, 0) is 30.9 Å². The number of morpholine rings is 1. The van der Waals surface area contributed by atoms with Gasteiger partial charge < -0.3 is 10.1 Å². The first-order valence-corrected chi connectivity index (χ1v) is 5.76. The number of aryl methyl sites for hydroxylation is 1. The maximum Gasteiger partial charge on any atom is 0.106 e. The Bertz CT molecular complexity index is 367. The molecule has 2 unspecified atom stereocenters. The Morgan fingerprint density at radius 2 is 2.27 bits per heavy atom. The molecule has 2 aliphatic rings. The Kier molecular flexibility index (Phi) is 2.08. The Hall–Kier alpha value is -0.860. The van der Waals surface area contributed by atoms with Crippen molar-refractivity contribution < 1.29 is 4.74 Å². The average Bonchev–Trinajstić information content (AvgIpc) is 2.63. The third-order valence-electron chi connectivity index (χ3n) is 3.65. The lowest BCUT2D eigenvalue weighted by Gasteiger charge is -2.38. The summed E-state index contributed by atoms with van der Waals surface area (Å²) in [4.78, 5) is 0. The van der Waals surface area contributed by atoms with Crippen molar-refractivity contribution >= 4 is 0 Å². The zero-order chi connectivity index (χ0) is 10.3. The van der Waals surface area contributed by atoms with E-state index < -0.39 is 0 Å². The molecule has 1 spiro atoms. The Morgan fingerprint density at radius 3 is 3.07 bits per heavy atom. The maximum atomic E-state index is 6.10. The second kappa shape index (κ2) is 3.32. The van der Waals surface area contributed by atoms with Crippen LogP contribution in [0.1, 0.15) is 24.5 Å². The Morgan fingerprint density at radius 1 is 1.40 bits per heavy atom. The molecule has 1 fully saturated rings. The molecule has 3 rings (SSSR count). The number of fused-ring (bicyclic) bond motifs is 2. The van der Waals surface area contributed by atoms with Crippen molar-refractivity contribution in [3.8, 4) is 0 Å². The van der Waals surface area contributed by atoms with E-state index in [4.69, 9.17) is 4.74 Å². The summed E-state index contributed by atoms with van der Waals surface area (Å²) in [6, 6.07) is 9.18. The minimum atomic E-state index is -0.0247. The molecule has 1 aromatic carbocycles. The van der Waals surface area contributed by atoms with Crippen molar-refractivity contribution in [2.75, 3.05) is 13.2 Å². The fraction of sp³-hybridized carbons (Fsp3) is 0.538. The third-order valence-corrected chi connectivity index (χ3v) is 3.65. The van der Waals surface area contributed by atoms with E-state index in [0.717, 1.165) is 26.0 Å². The molecule has 2 atom stereocenters. The van der Waals surface area contributed by atoms with Crippen LogP contribution in [0.25, 0.3) is 0 Å². The molecule has 0 aromatic heterocycles. The molecule has 1 aliphatic heterocycles. The van der Waals surface area contributed by atoms with Crippen LogP contribution >= 0.6 is 0 Å². The van der Waals surface area contributed by atoms with E-state index in [1.807, 2.05) is 0 Å². The van der Waals surface area contributed by atoms with Gasteiger partial charge in [-0.3, -0.25) is 0 Å². The first kappa shape index (κ1) is 9.37. The van der Waals surface area contributed by atoms with Gasteiger partial charge in [0, 0.05) is 12.6 Å². The van der Waals surface area contributed by atoms with E-state index in [2.05, 4.69) is 36.5 Å². The number of ether oxygens (including phenoxy) is 1. The first-order chi connectivity index (χ1) is 7.30. The van der Waals surface area contributed by atoms with Crippen LogP contribution in [0.3, 0.4) is 0 Å². The Balaban J connectivity index is 1.95. The number of hydrogen-bond acceptors (Lipinski definition) is 2. The van der Waals surface area contributed by atoms with Crippen LogP contribution in [0.4, 0.5) is 0 Å². The van der Waals surface area contributed by atoms with Gasteiger partial charge in [-0.25, -0.2) is 0 Å². The molecule has 2 heteroatoms. The lowest BCUT2D eigenvalue weighted by Crippen LogP contribution is -2.50. The molecule has 0 radical (unpaired) electrons. The highest BCUT2D eigenvalue weighted by Crippen LogP contribution is 2.40. The summed E-state index contributed by atoms with van der Waals surface area (Å²) in [6.07, 6.45) is 2.29. The summed E-state index contributed by atoms with van der Waals surface area (Å²) < 4.78 is 6.10. The van der Waals surface area contributed by atoms with E-state index in [-0.39, 0.29) is 5.60 Å². The molecular weight excluding hydrogens is 186 g/mol. The molecule has 1 heterocycles. The molecule has 1 aromatic rings. The number of nitrogens with one attached hydrogen (secondary N) is 1. The zero-order valence-electron chi connectivity index (χ0n) is 9.12. The lowest BCUT2D eigenvalue weighted by atomic mass is 9.94. The molecule has 1 aliphatic carbocycles. The highest BCUT2D eigenvalue weighted by atomic mass is 16.5. The van der Waals surface area contributed by atoms with Crippen molar-refractivity contribution in [1.82, 2.24) is 5.32 Å². The Labute approximate surface area is 90.6 Å². The van der Waals surface area contributed by atoms with Crippen LogP contribution in [0.5, 0.6) is 0 Å². The average molecular weight is 203 g/mol. The molecule has 0 bridgehead atoms. The quantitative estimate of drug-likeness (QED) is 0.694. The van der Waals surface area contributed by atoms with Gasteiger partial charge in [-0.15, -0.1) is 0 Å². The van der Waals surface area contributed by atoms with Crippen LogP contribution in [0.15, 0.2) is 24.3 Å². The smallest absolute Gasteiger partial charge is 0.106 e. The summed E-state index contributed by atoms with van der Waals surface area (Å²) in [5.41, 5.74) is 2.85. The molecule has 0 saturated carbocycles. The predicted octanol–water partition coefficient (Wildman–Crippen LogP) is 1.84. The standard InChI is InChI=1S/C13H17NO/c1-10-8-15-13(9-14-10)7-6-11-4-2-3-5-12(11)13/h2-5,10,14H,6-9H2,1H3. The van der Waals surface area contributed by atoms with Gasteiger partial charge in [0.15, 0.2) is 0 Å². The van der Waals surface area contributed by atoms with Crippen molar-refractivity contribution in [1.29, 1.82) is 0 Å². The molecule has 0 amide bonds. The van der Waals surface area contributed by atoms with Gasteiger partial charge in [-0.1, -0.05) is 24.3 Å². The second-order valence-corrected chi connectivity index (χ2v) is 4.74. The number of benzene rings is 1. The topological polar surface area (TPSA) is 21.3 Å². The van der Waals surface area contributed by atoms with E-state index in [1.165, 1.54) is 11.1 Å². The normalized spacial score (nSPS) is 34.3.